The Hall–Kier alpha value is -1.95. The van der Waals surface area contributed by atoms with E-state index in [-0.39, 0.29) is 12.3 Å². The number of halogens is 3. The molecule has 0 aliphatic heterocycles. The molecule has 14 heteroatoms. The molecule has 3 rings (SSSR count). The third kappa shape index (κ3) is 5.95. The summed E-state index contributed by atoms with van der Waals surface area (Å²) in [4.78, 5) is 25.5. The van der Waals surface area contributed by atoms with Crippen molar-refractivity contribution in [3.8, 4) is 0 Å². The molecule has 0 amide bonds. The van der Waals surface area contributed by atoms with E-state index in [0.717, 1.165) is 16.5 Å². The number of benzene rings is 1. The van der Waals surface area contributed by atoms with E-state index in [2.05, 4.69) is 4.74 Å². The van der Waals surface area contributed by atoms with Crippen LogP contribution in [0.3, 0.4) is 0 Å². The van der Waals surface area contributed by atoms with E-state index in [0.29, 0.717) is 24.7 Å². The second-order valence-electron chi connectivity index (χ2n) is 8.96. The number of alkyl halides is 3. The molecule has 1 aromatic rings. The molecule has 2 saturated carbocycles. The molecule has 1 aromatic carbocycles. The first-order chi connectivity index (χ1) is 15.2. The second-order valence-corrected chi connectivity index (χ2v) is 10.5. The summed E-state index contributed by atoms with van der Waals surface area (Å²) in [6.07, 6.45) is -6.88. The summed E-state index contributed by atoms with van der Waals surface area (Å²) < 4.78 is 80.3. The van der Waals surface area contributed by atoms with Crippen LogP contribution in [0, 0.1) is 17.8 Å². The molecule has 2 bridgehead atoms. The molecule has 2 aliphatic rings. The lowest BCUT2D eigenvalue weighted by Crippen LogP contribution is -2.43. The van der Waals surface area contributed by atoms with Gasteiger partial charge in [0.1, 0.15) is 35.4 Å². The van der Waals surface area contributed by atoms with Gasteiger partial charge >= 0.3 is 18.1 Å². The molecule has 0 heterocycles. The first-order valence-electron chi connectivity index (χ1n) is 10.7. The Bertz CT molecular complexity index is 1050. The van der Waals surface area contributed by atoms with Gasteiger partial charge in [-0.1, -0.05) is 29.4 Å². The summed E-state index contributed by atoms with van der Waals surface area (Å²) in [5, 5.41) is 0. The van der Waals surface area contributed by atoms with Gasteiger partial charge in [0.15, 0.2) is 0 Å². The topological polar surface area (TPSA) is 107 Å². The first kappa shape index (κ1) is 25.7. The highest BCUT2D eigenvalue weighted by molar-refractivity contribution is 7.85. The Morgan fingerprint density at radius 2 is 1.85 bits per heavy atom. The number of esters is 2. The summed E-state index contributed by atoms with van der Waals surface area (Å²) >= 11 is 0. The van der Waals surface area contributed by atoms with E-state index in [9.17, 15) is 31.2 Å². The van der Waals surface area contributed by atoms with Crippen molar-refractivity contribution in [2.24, 2.45) is 17.8 Å². The zero-order valence-corrected chi connectivity index (χ0v) is 19.3. The average molecular weight is 486 g/mol. The number of carbonyl (C=O) groups is 2. The number of fused-ring (bicyclic) bond motifs is 2. The van der Waals surface area contributed by atoms with Gasteiger partial charge < -0.3 is 9.47 Å². The largest absolute Gasteiger partial charge is 0.458 e. The monoisotopic (exact) mass is 486 g/mol. The average Bonchev–Trinajstić information content (AvgIpc) is 3.25. The molecular formula is C19H24B3F3O7S. The van der Waals surface area contributed by atoms with Crippen LogP contribution in [-0.2, 0) is 30.7 Å². The van der Waals surface area contributed by atoms with Crippen LogP contribution in [0.4, 0.5) is 13.2 Å². The molecule has 1 N–H and O–H groups in total. The lowest BCUT2D eigenvalue weighted by Gasteiger charge is -2.30. The zero-order valence-electron chi connectivity index (χ0n) is 18.5. The Balaban J connectivity index is 1.73. The number of ether oxygens (including phenoxy) is 2. The van der Waals surface area contributed by atoms with Crippen LogP contribution in [0.1, 0.15) is 35.2 Å². The maximum Gasteiger partial charge on any atom is 0.426 e. The van der Waals surface area contributed by atoms with Crippen LogP contribution in [0.2, 0.25) is 0 Å². The quantitative estimate of drug-likeness (QED) is 0.278. The molecule has 5 atom stereocenters. The molecule has 5 unspecified atom stereocenters. The van der Waals surface area contributed by atoms with Crippen molar-refractivity contribution in [2.45, 2.75) is 44.0 Å². The van der Waals surface area contributed by atoms with Gasteiger partial charge in [-0.25, -0.2) is 4.79 Å². The van der Waals surface area contributed by atoms with Crippen molar-refractivity contribution in [1.29, 1.82) is 0 Å². The third-order valence-electron chi connectivity index (χ3n) is 6.49. The third-order valence-corrected chi connectivity index (χ3v) is 7.21. The number of carbonyl (C=O) groups excluding carboxylic acids is 2. The van der Waals surface area contributed by atoms with Crippen LogP contribution in [0.15, 0.2) is 12.1 Å². The maximum absolute atomic E-state index is 13.1. The number of rotatable bonds is 7. The molecule has 0 spiro atoms. The van der Waals surface area contributed by atoms with Crippen molar-refractivity contribution in [1.82, 2.24) is 0 Å². The van der Waals surface area contributed by atoms with Crippen molar-refractivity contribution in [3.05, 3.63) is 23.3 Å². The highest BCUT2D eigenvalue weighted by atomic mass is 32.2. The molecule has 2 fully saturated rings. The highest BCUT2D eigenvalue weighted by Crippen LogP contribution is 2.50. The van der Waals surface area contributed by atoms with Gasteiger partial charge in [-0.05, 0) is 30.7 Å². The van der Waals surface area contributed by atoms with Gasteiger partial charge in [-0.15, -0.1) is 0 Å². The van der Waals surface area contributed by atoms with Gasteiger partial charge in [-0.2, -0.15) is 21.6 Å². The van der Waals surface area contributed by atoms with E-state index in [1.54, 1.807) is 6.07 Å². The molecule has 0 radical (unpaired) electrons. The number of hydrogen-bond acceptors (Lipinski definition) is 6. The van der Waals surface area contributed by atoms with E-state index < -0.39 is 58.0 Å². The fraction of sp³-hybridized carbons (Fsp3) is 0.579. The predicted octanol–water partition coefficient (Wildman–Crippen LogP) is -1.73. The van der Waals surface area contributed by atoms with Gasteiger partial charge in [0, 0.05) is 5.92 Å². The summed E-state index contributed by atoms with van der Waals surface area (Å²) in [5.74, 6) is -4.98. The molecular weight excluding hydrogens is 462 g/mol. The van der Waals surface area contributed by atoms with Gasteiger partial charge in [0.05, 0.1) is 11.5 Å². The summed E-state index contributed by atoms with van der Waals surface area (Å²) in [5.41, 5.74) is 3.13. The molecule has 33 heavy (non-hydrogen) atoms. The minimum absolute atomic E-state index is 0.0128. The van der Waals surface area contributed by atoms with Gasteiger partial charge in [0.2, 0.25) is 6.10 Å². The Morgan fingerprint density at radius 1 is 1.18 bits per heavy atom. The standard InChI is InChI=1S/C19H24B3F3O7S/c20-6-13-12(4-9(21)5-14(13)22)17(26)31-15-3-8-1-10(15)11(2-8)18(27)32-16(19(23,24)25)7-33(28,29)30/h4-5,8,10-11,15-16H,1-3,6-7,20-22H2,(H,28,29,30). The Morgan fingerprint density at radius 3 is 2.39 bits per heavy atom. The van der Waals surface area contributed by atoms with Crippen molar-refractivity contribution < 1.29 is 45.2 Å². The lowest BCUT2D eigenvalue weighted by molar-refractivity contribution is -0.218. The summed E-state index contributed by atoms with van der Waals surface area (Å²) in [7, 11) is 0.651. The van der Waals surface area contributed by atoms with Crippen LogP contribution in [0.5, 0.6) is 0 Å². The molecule has 178 valence electrons. The Labute approximate surface area is 192 Å². The zero-order chi connectivity index (χ0) is 24.7. The maximum atomic E-state index is 13.1. The molecule has 0 aromatic heterocycles. The Kier molecular flexibility index (Phi) is 7.28. The minimum atomic E-state index is -5.16. The van der Waals surface area contributed by atoms with E-state index in [4.69, 9.17) is 9.29 Å². The van der Waals surface area contributed by atoms with Gasteiger partial charge in [-0.3, -0.25) is 9.35 Å². The normalized spacial score (nSPS) is 25.6. The predicted molar refractivity (Wildman–Crippen MR) is 121 cm³/mol. The minimum Gasteiger partial charge on any atom is -0.458 e. The van der Waals surface area contributed by atoms with Crippen molar-refractivity contribution >= 4 is 56.5 Å². The van der Waals surface area contributed by atoms with Crippen LogP contribution in [0.25, 0.3) is 0 Å². The van der Waals surface area contributed by atoms with Crippen molar-refractivity contribution in [2.75, 3.05) is 5.75 Å². The smallest absolute Gasteiger partial charge is 0.426 e. The van der Waals surface area contributed by atoms with E-state index >= 15 is 0 Å². The molecule has 0 saturated heterocycles. The van der Waals surface area contributed by atoms with Gasteiger partial charge in [0.25, 0.3) is 10.1 Å². The first-order valence-corrected chi connectivity index (χ1v) is 12.3. The highest BCUT2D eigenvalue weighted by Gasteiger charge is 2.53. The van der Waals surface area contributed by atoms with Crippen LogP contribution >= 0.6 is 0 Å². The van der Waals surface area contributed by atoms with E-state index in [1.165, 1.54) is 0 Å². The van der Waals surface area contributed by atoms with E-state index in [1.807, 2.05) is 29.6 Å². The lowest BCUT2D eigenvalue weighted by atomic mass is 9.77. The fourth-order valence-corrected chi connectivity index (χ4v) is 5.80. The summed E-state index contributed by atoms with van der Waals surface area (Å²) in [6, 6.07) is 3.69. The van der Waals surface area contributed by atoms with Crippen LogP contribution in [-0.4, -0.2) is 72.6 Å². The molecule has 7 nitrogen and oxygen atoms in total. The van der Waals surface area contributed by atoms with Crippen molar-refractivity contribution in [3.63, 3.8) is 0 Å². The summed E-state index contributed by atoms with van der Waals surface area (Å²) in [6.45, 7) is 0. The van der Waals surface area contributed by atoms with Crippen LogP contribution < -0.4 is 10.9 Å². The SMILES string of the molecule is BCc1c(B)cc(B)cc1C(=O)OC1CC2CC(C(=O)OC(CS(=O)(=O)O)C(F)(F)F)C1C2. The second kappa shape index (κ2) is 9.36. The molecule has 2 aliphatic carbocycles. The fourth-order valence-electron chi connectivity index (χ4n) is 5.16. The number of hydrogen-bond donors (Lipinski definition) is 1.